The molecule has 14 heavy (non-hydrogen) atoms. The van der Waals surface area contributed by atoms with Gasteiger partial charge in [-0.1, -0.05) is 20.8 Å². The maximum atomic E-state index is 5.25. The van der Waals surface area contributed by atoms with Crippen molar-refractivity contribution in [3.05, 3.63) is 0 Å². The highest BCUT2D eigenvalue weighted by Crippen LogP contribution is 2.38. The number of hydrogen-bond donors (Lipinski definition) is 0. The predicted molar refractivity (Wildman–Crippen MR) is 58.4 cm³/mol. The zero-order chi connectivity index (χ0) is 10.2. The highest BCUT2D eigenvalue weighted by Gasteiger charge is 2.36. The molecule has 2 heterocycles. The van der Waals surface area contributed by atoms with Crippen molar-refractivity contribution in [2.75, 3.05) is 26.3 Å². The topological polar surface area (TPSA) is 12.5 Å². The van der Waals surface area contributed by atoms with E-state index in [1.807, 2.05) is 0 Å². The molecule has 0 N–H and O–H groups in total. The zero-order valence-corrected chi connectivity index (χ0v) is 9.75. The zero-order valence-electron chi connectivity index (χ0n) is 9.75. The first-order valence-corrected chi connectivity index (χ1v) is 5.93. The minimum atomic E-state index is 0.584. The number of rotatable bonds is 2. The lowest BCUT2D eigenvalue weighted by molar-refractivity contribution is -0.0838. The van der Waals surface area contributed by atoms with Gasteiger partial charge in [0.2, 0.25) is 0 Å². The molecule has 0 saturated carbocycles. The second kappa shape index (κ2) is 3.82. The summed E-state index contributed by atoms with van der Waals surface area (Å²) in [5, 5.41) is 0. The van der Waals surface area contributed by atoms with Gasteiger partial charge < -0.3 is 4.74 Å². The van der Waals surface area contributed by atoms with E-state index in [1.165, 1.54) is 25.9 Å². The Balaban J connectivity index is 1.84. The Bertz CT molecular complexity index is 190. The number of hydrogen-bond acceptors (Lipinski definition) is 2. The summed E-state index contributed by atoms with van der Waals surface area (Å²) in [7, 11) is 0. The summed E-state index contributed by atoms with van der Waals surface area (Å²) >= 11 is 0. The molecular formula is C12H23NO. The third-order valence-corrected chi connectivity index (χ3v) is 4.47. The second-order valence-corrected chi connectivity index (χ2v) is 5.54. The van der Waals surface area contributed by atoms with Crippen LogP contribution in [0.1, 0.15) is 33.6 Å². The quantitative estimate of drug-likeness (QED) is 0.672. The number of ether oxygens (including phenoxy) is 1. The van der Waals surface area contributed by atoms with E-state index in [2.05, 4.69) is 25.7 Å². The van der Waals surface area contributed by atoms with Crippen molar-refractivity contribution in [1.29, 1.82) is 0 Å². The van der Waals surface area contributed by atoms with Gasteiger partial charge in [0.15, 0.2) is 0 Å². The van der Waals surface area contributed by atoms with E-state index >= 15 is 0 Å². The molecule has 2 aliphatic heterocycles. The highest BCUT2D eigenvalue weighted by molar-refractivity contribution is 4.88. The summed E-state index contributed by atoms with van der Waals surface area (Å²) in [6.45, 7) is 11.7. The molecule has 2 saturated heterocycles. The molecule has 0 aromatic carbocycles. The molecule has 0 aromatic heterocycles. The molecule has 0 bridgehead atoms. The Morgan fingerprint density at radius 1 is 1.21 bits per heavy atom. The molecule has 2 aliphatic rings. The molecule has 0 aromatic rings. The molecular weight excluding hydrogens is 174 g/mol. The first-order chi connectivity index (χ1) is 6.62. The summed E-state index contributed by atoms with van der Waals surface area (Å²) in [5.74, 6) is 0.822. The van der Waals surface area contributed by atoms with Gasteiger partial charge in [-0.05, 0) is 37.3 Å². The summed E-state index contributed by atoms with van der Waals surface area (Å²) in [4.78, 5) is 2.62. The van der Waals surface area contributed by atoms with E-state index in [1.54, 1.807) is 0 Å². The largest absolute Gasteiger partial charge is 0.378 e. The minimum absolute atomic E-state index is 0.584. The van der Waals surface area contributed by atoms with Crippen LogP contribution in [-0.2, 0) is 4.74 Å². The van der Waals surface area contributed by atoms with E-state index in [-0.39, 0.29) is 0 Å². The SMILES string of the molecule is CC(C)C1(C)CCN(C2COC2)CC1. The lowest BCUT2D eigenvalue weighted by Gasteiger charge is -2.46. The van der Waals surface area contributed by atoms with Crippen LogP contribution in [-0.4, -0.2) is 37.2 Å². The van der Waals surface area contributed by atoms with E-state index in [4.69, 9.17) is 4.74 Å². The third-order valence-electron chi connectivity index (χ3n) is 4.47. The molecule has 2 nitrogen and oxygen atoms in total. The van der Waals surface area contributed by atoms with Crippen molar-refractivity contribution < 1.29 is 4.74 Å². The van der Waals surface area contributed by atoms with Gasteiger partial charge in [0, 0.05) is 0 Å². The summed E-state index contributed by atoms with van der Waals surface area (Å²) < 4.78 is 5.25. The molecule has 0 aliphatic carbocycles. The van der Waals surface area contributed by atoms with Crippen LogP contribution in [0.5, 0.6) is 0 Å². The van der Waals surface area contributed by atoms with Crippen LogP contribution < -0.4 is 0 Å². The predicted octanol–water partition coefficient (Wildman–Crippen LogP) is 2.14. The van der Waals surface area contributed by atoms with Gasteiger partial charge >= 0.3 is 0 Å². The first kappa shape index (κ1) is 10.4. The fourth-order valence-electron chi connectivity index (χ4n) is 2.41. The monoisotopic (exact) mass is 197 g/mol. The lowest BCUT2D eigenvalue weighted by Crippen LogP contribution is -2.53. The van der Waals surface area contributed by atoms with Crippen LogP contribution in [0.4, 0.5) is 0 Å². The molecule has 82 valence electrons. The van der Waals surface area contributed by atoms with Crippen LogP contribution in [0, 0.1) is 11.3 Å². The fourth-order valence-corrected chi connectivity index (χ4v) is 2.41. The minimum Gasteiger partial charge on any atom is -0.378 e. The van der Waals surface area contributed by atoms with Crippen molar-refractivity contribution in [2.24, 2.45) is 11.3 Å². The molecule has 2 heteroatoms. The van der Waals surface area contributed by atoms with Gasteiger partial charge in [-0.25, -0.2) is 0 Å². The maximum Gasteiger partial charge on any atom is 0.0645 e. The van der Waals surface area contributed by atoms with Gasteiger partial charge in [0.1, 0.15) is 0 Å². The van der Waals surface area contributed by atoms with Gasteiger partial charge in [-0.3, -0.25) is 4.90 Å². The standard InChI is InChI=1S/C12H23NO/c1-10(2)12(3)4-6-13(7-5-12)11-8-14-9-11/h10-11H,4-9H2,1-3H3. The van der Waals surface area contributed by atoms with Crippen LogP contribution in [0.3, 0.4) is 0 Å². The Labute approximate surface area is 87.6 Å². The van der Waals surface area contributed by atoms with Crippen molar-refractivity contribution >= 4 is 0 Å². The van der Waals surface area contributed by atoms with Crippen LogP contribution >= 0.6 is 0 Å². The van der Waals surface area contributed by atoms with Crippen LogP contribution in [0.25, 0.3) is 0 Å². The van der Waals surface area contributed by atoms with Crippen molar-refractivity contribution in [3.8, 4) is 0 Å². The Hall–Kier alpha value is -0.0800. The summed E-state index contributed by atoms with van der Waals surface area (Å²) in [5.41, 5.74) is 0.584. The van der Waals surface area contributed by atoms with Gasteiger partial charge in [-0.15, -0.1) is 0 Å². The molecule has 0 spiro atoms. The summed E-state index contributed by atoms with van der Waals surface area (Å²) in [6, 6.07) is 0.742. The molecule has 0 atom stereocenters. The maximum absolute atomic E-state index is 5.25. The molecule has 0 radical (unpaired) electrons. The van der Waals surface area contributed by atoms with Gasteiger partial charge in [0.05, 0.1) is 19.3 Å². The number of piperidine rings is 1. The van der Waals surface area contributed by atoms with E-state index in [0.717, 1.165) is 25.2 Å². The Kier molecular flexibility index (Phi) is 2.85. The molecule has 2 fully saturated rings. The average Bonchev–Trinajstić information content (AvgIpc) is 2.06. The van der Waals surface area contributed by atoms with Crippen molar-refractivity contribution in [3.63, 3.8) is 0 Å². The molecule has 0 amide bonds. The third kappa shape index (κ3) is 1.82. The van der Waals surface area contributed by atoms with E-state index in [9.17, 15) is 0 Å². The van der Waals surface area contributed by atoms with Crippen molar-refractivity contribution in [1.82, 2.24) is 4.90 Å². The molecule has 2 rings (SSSR count). The second-order valence-electron chi connectivity index (χ2n) is 5.54. The average molecular weight is 197 g/mol. The number of nitrogens with zero attached hydrogens (tertiary/aromatic N) is 1. The summed E-state index contributed by atoms with van der Waals surface area (Å²) in [6.07, 6.45) is 2.72. The van der Waals surface area contributed by atoms with Crippen LogP contribution in [0.15, 0.2) is 0 Å². The van der Waals surface area contributed by atoms with Crippen molar-refractivity contribution in [2.45, 2.75) is 39.7 Å². The van der Waals surface area contributed by atoms with E-state index in [0.29, 0.717) is 5.41 Å². The fraction of sp³-hybridized carbons (Fsp3) is 1.00. The van der Waals surface area contributed by atoms with Crippen LogP contribution in [0.2, 0.25) is 0 Å². The Morgan fingerprint density at radius 2 is 1.79 bits per heavy atom. The Morgan fingerprint density at radius 3 is 2.14 bits per heavy atom. The van der Waals surface area contributed by atoms with E-state index < -0.39 is 0 Å². The lowest BCUT2D eigenvalue weighted by atomic mass is 9.71. The normalized spacial score (nSPS) is 29.1. The van der Waals surface area contributed by atoms with Gasteiger partial charge in [-0.2, -0.15) is 0 Å². The molecule has 0 unspecified atom stereocenters. The number of likely N-dealkylation sites (tertiary alicyclic amines) is 1. The van der Waals surface area contributed by atoms with Gasteiger partial charge in [0.25, 0.3) is 0 Å². The highest BCUT2D eigenvalue weighted by atomic mass is 16.5. The first-order valence-electron chi connectivity index (χ1n) is 5.93. The smallest absolute Gasteiger partial charge is 0.0645 e.